The van der Waals surface area contributed by atoms with Crippen molar-refractivity contribution in [1.29, 1.82) is 0 Å². The number of aromatic nitrogens is 1. The minimum absolute atomic E-state index is 0.124. The van der Waals surface area contributed by atoms with Gasteiger partial charge in [-0.05, 0) is 54.1 Å². The molecule has 0 aliphatic carbocycles. The highest BCUT2D eigenvalue weighted by Gasteiger charge is 2.33. The molecule has 3 aromatic rings. The first-order valence-corrected chi connectivity index (χ1v) is 12.3. The number of piperidine rings is 1. The number of halogens is 1. The maximum atomic E-state index is 13.4. The molecule has 3 heterocycles. The number of pyridine rings is 1. The van der Waals surface area contributed by atoms with Crippen molar-refractivity contribution >= 4 is 27.3 Å². The van der Waals surface area contributed by atoms with Crippen LogP contribution >= 0.6 is 11.3 Å². The van der Waals surface area contributed by atoms with Crippen LogP contribution < -0.4 is 5.32 Å². The van der Waals surface area contributed by atoms with E-state index in [-0.39, 0.29) is 41.7 Å². The molecular formula is C22H22FN3O3S2. The van der Waals surface area contributed by atoms with Crippen LogP contribution in [-0.4, -0.2) is 36.7 Å². The Balaban J connectivity index is 1.43. The summed E-state index contributed by atoms with van der Waals surface area (Å²) in [4.78, 5) is 18.0. The number of carbonyl (C=O) groups is 1. The number of sulfonamides is 1. The van der Waals surface area contributed by atoms with E-state index in [4.69, 9.17) is 0 Å². The Kier molecular flexibility index (Phi) is 6.45. The summed E-state index contributed by atoms with van der Waals surface area (Å²) in [6, 6.07) is 12.7. The number of carbonyl (C=O) groups excluding carboxylic acids is 1. The number of hydrogen-bond acceptors (Lipinski definition) is 5. The largest absolute Gasteiger partial charge is 0.344 e. The second-order valence-electron chi connectivity index (χ2n) is 7.38. The van der Waals surface area contributed by atoms with E-state index < -0.39 is 10.0 Å². The topological polar surface area (TPSA) is 79.4 Å². The second-order valence-corrected chi connectivity index (χ2v) is 10.3. The van der Waals surface area contributed by atoms with Gasteiger partial charge in [-0.1, -0.05) is 18.2 Å². The fourth-order valence-corrected chi connectivity index (χ4v) is 5.93. The third-order valence-corrected chi connectivity index (χ3v) is 8.23. The average Bonchev–Trinajstić information content (AvgIpc) is 3.33. The average molecular weight is 460 g/mol. The van der Waals surface area contributed by atoms with Crippen molar-refractivity contribution in [1.82, 2.24) is 14.6 Å². The van der Waals surface area contributed by atoms with Crippen molar-refractivity contribution in [2.45, 2.75) is 23.8 Å². The number of benzene rings is 1. The summed E-state index contributed by atoms with van der Waals surface area (Å²) in [5.74, 6) is -0.744. The molecule has 1 amide bonds. The third-order valence-electron chi connectivity index (χ3n) is 5.41. The van der Waals surface area contributed by atoms with Crippen LogP contribution in [0.1, 0.15) is 29.3 Å². The molecule has 1 atom stereocenters. The SMILES string of the molecule is O=C(NC(c1ccc(F)cc1)c1cccs1)C1CCN(S(=O)(=O)c2cccnc2)CC1. The monoisotopic (exact) mass is 459 g/mol. The van der Waals surface area contributed by atoms with Gasteiger partial charge in [-0.25, -0.2) is 12.8 Å². The quantitative estimate of drug-likeness (QED) is 0.611. The van der Waals surface area contributed by atoms with Crippen LogP contribution in [0.5, 0.6) is 0 Å². The molecule has 0 bridgehead atoms. The van der Waals surface area contributed by atoms with Crippen LogP contribution in [0.3, 0.4) is 0 Å². The lowest BCUT2D eigenvalue weighted by molar-refractivity contribution is -0.126. The van der Waals surface area contributed by atoms with Crippen molar-refractivity contribution in [3.05, 3.63) is 82.6 Å². The number of thiophene rings is 1. The number of nitrogens with zero attached hydrogens (tertiary/aromatic N) is 2. The summed E-state index contributed by atoms with van der Waals surface area (Å²) >= 11 is 1.52. The number of nitrogens with one attached hydrogen (secondary N) is 1. The van der Waals surface area contributed by atoms with Crippen LogP contribution in [0.2, 0.25) is 0 Å². The molecular weight excluding hydrogens is 437 g/mol. The van der Waals surface area contributed by atoms with Gasteiger partial charge < -0.3 is 5.32 Å². The van der Waals surface area contributed by atoms with Gasteiger partial charge in [0, 0.05) is 36.3 Å². The molecule has 162 valence electrons. The fourth-order valence-electron chi connectivity index (χ4n) is 3.70. The van der Waals surface area contributed by atoms with E-state index in [0.29, 0.717) is 12.8 Å². The van der Waals surface area contributed by atoms with Gasteiger partial charge in [-0.2, -0.15) is 4.31 Å². The molecule has 0 saturated carbocycles. The Morgan fingerprint density at radius 3 is 2.48 bits per heavy atom. The molecule has 0 spiro atoms. The zero-order valence-corrected chi connectivity index (χ0v) is 18.3. The van der Waals surface area contributed by atoms with Crippen LogP contribution in [0.4, 0.5) is 4.39 Å². The van der Waals surface area contributed by atoms with Crippen LogP contribution in [0.25, 0.3) is 0 Å². The van der Waals surface area contributed by atoms with Crippen LogP contribution in [0, 0.1) is 11.7 Å². The standard InChI is InChI=1S/C22H22FN3O3S2/c23-18-7-5-16(6-8-18)21(20-4-2-14-30-20)25-22(27)17-9-12-26(13-10-17)31(28,29)19-3-1-11-24-15-19/h1-8,11,14-15,17,21H,9-10,12-13H2,(H,25,27). The van der Waals surface area contributed by atoms with E-state index in [0.717, 1.165) is 10.4 Å². The second kappa shape index (κ2) is 9.25. The molecule has 1 aliphatic heterocycles. The molecule has 9 heteroatoms. The summed E-state index contributed by atoms with van der Waals surface area (Å²) in [5.41, 5.74) is 0.800. The first kappa shape index (κ1) is 21.6. The van der Waals surface area contributed by atoms with Gasteiger partial charge in [0.1, 0.15) is 10.7 Å². The fraction of sp³-hybridized carbons (Fsp3) is 0.273. The first-order chi connectivity index (χ1) is 14.9. The highest BCUT2D eigenvalue weighted by Crippen LogP contribution is 2.29. The number of hydrogen-bond donors (Lipinski definition) is 1. The molecule has 31 heavy (non-hydrogen) atoms. The lowest BCUT2D eigenvalue weighted by Crippen LogP contribution is -2.43. The molecule has 0 radical (unpaired) electrons. The summed E-state index contributed by atoms with van der Waals surface area (Å²) in [5, 5.41) is 5.01. The maximum Gasteiger partial charge on any atom is 0.244 e. The normalized spacial score (nSPS) is 16.7. The van der Waals surface area contributed by atoms with Crippen molar-refractivity contribution in [3.8, 4) is 0 Å². The van der Waals surface area contributed by atoms with Gasteiger partial charge in [0.2, 0.25) is 15.9 Å². The van der Waals surface area contributed by atoms with E-state index in [1.807, 2.05) is 17.5 Å². The summed E-state index contributed by atoms with van der Waals surface area (Å²) in [7, 11) is -3.61. The predicted octanol–water partition coefficient (Wildman–Crippen LogP) is 3.59. The van der Waals surface area contributed by atoms with Crippen molar-refractivity contribution in [3.63, 3.8) is 0 Å². The Morgan fingerprint density at radius 1 is 1.13 bits per heavy atom. The summed E-state index contributed by atoms with van der Waals surface area (Å²) < 4.78 is 40.3. The van der Waals surface area contributed by atoms with Gasteiger partial charge in [-0.3, -0.25) is 9.78 Å². The zero-order chi connectivity index (χ0) is 21.8. The third kappa shape index (κ3) is 4.84. The Hall–Kier alpha value is -2.62. The minimum atomic E-state index is -3.61. The van der Waals surface area contributed by atoms with E-state index in [1.165, 1.54) is 46.2 Å². The van der Waals surface area contributed by atoms with Crippen LogP contribution in [-0.2, 0) is 14.8 Å². The summed E-state index contributed by atoms with van der Waals surface area (Å²) in [6.45, 7) is 0.547. The maximum absolute atomic E-state index is 13.4. The van der Waals surface area contributed by atoms with Gasteiger partial charge in [0.15, 0.2) is 0 Å². The first-order valence-electron chi connectivity index (χ1n) is 9.94. The molecule has 1 unspecified atom stereocenters. The highest BCUT2D eigenvalue weighted by molar-refractivity contribution is 7.89. The zero-order valence-electron chi connectivity index (χ0n) is 16.6. The van der Waals surface area contributed by atoms with Crippen molar-refractivity contribution < 1.29 is 17.6 Å². The van der Waals surface area contributed by atoms with E-state index in [9.17, 15) is 17.6 Å². The molecule has 6 nitrogen and oxygen atoms in total. The van der Waals surface area contributed by atoms with E-state index >= 15 is 0 Å². The number of amides is 1. The van der Waals surface area contributed by atoms with Gasteiger partial charge >= 0.3 is 0 Å². The Bertz CT molecular complexity index is 1110. The lowest BCUT2D eigenvalue weighted by Gasteiger charge is -2.31. The molecule has 1 N–H and O–H groups in total. The smallest absolute Gasteiger partial charge is 0.244 e. The van der Waals surface area contributed by atoms with Gasteiger partial charge in [-0.15, -0.1) is 11.3 Å². The lowest BCUT2D eigenvalue weighted by atomic mass is 9.96. The van der Waals surface area contributed by atoms with E-state index in [1.54, 1.807) is 18.2 Å². The predicted molar refractivity (Wildman–Crippen MR) is 116 cm³/mol. The Morgan fingerprint density at radius 2 is 1.87 bits per heavy atom. The molecule has 1 saturated heterocycles. The molecule has 1 aromatic carbocycles. The molecule has 2 aromatic heterocycles. The molecule has 1 aliphatic rings. The summed E-state index contributed by atoms with van der Waals surface area (Å²) in [6.07, 6.45) is 3.74. The van der Waals surface area contributed by atoms with Crippen molar-refractivity contribution in [2.75, 3.05) is 13.1 Å². The minimum Gasteiger partial charge on any atom is -0.344 e. The van der Waals surface area contributed by atoms with E-state index in [2.05, 4.69) is 10.3 Å². The highest BCUT2D eigenvalue weighted by atomic mass is 32.2. The molecule has 4 rings (SSSR count). The molecule has 1 fully saturated rings. The Labute approximate surface area is 184 Å². The van der Waals surface area contributed by atoms with Crippen molar-refractivity contribution in [2.24, 2.45) is 5.92 Å². The number of rotatable bonds is 6. The van der Waals surface area contributed by atoms with Crippen LogP contribution in [0.15, 0.2) is 71.2 Å². The van der Waals surface area contributed by atoms with Gasteiger partial charge in [0.05, 0.1) is 6.04 Å². The van der Waals surface area contributed by atoms with Gasteiger partial charge in [0.25, 0.3) is 0 Å².